The zero-order chi connectivity index (χ0) is 13.1. The van der Waals surface area contributed by atoms with Gasteiger partial charge in [-0.2, -0.15) is 0 Å². The minimum Gasteiger partial charge on any atom is -0.263 e. The molecular formula is C13H9BrCl3N. The van der Waals surface area contributed by atoms with Crippen LogP contribution in [0.15, 0.2) is 36.7 Å². The number of benzene rings is 1. The van der Waals surface area contributed by atoms with Gasteiger partial charge in [0, 0.05) is 17.2 Å². The van der Waals surface area contributed by atoms with Crippen LogP contribution in [-0.2, 0) is 6.42 Å². The molecule has 2 aromatic rings. The van der Waals surface area contributed by atoms with E-state index in [1.54, 1.807) is 18.5 Å². The second-order valence-corrected chi connectivity index (χ2v) is 6.14. The SMILES string of the molecule is Clc1ccc(C(Br)Cc2ccncc2Cl)cc1Cl. The van der Waals surface area contributed by atoms with Crippen molar-refractivity contribution in [1.82, 2.24) is 4.98 Å². The summed E-state index contributed by atoms with van der Waals surface area (Å²) in [5.41, 5.74) is 2.11. The topological polar surface area (TPSA) is 12.9 Å². The van der Waals surface area contributed by atoms with Crippen molar-refractivity contribution in [3.8, 4) is 0 Å². The summed E-state index contributed by atoms with van der Waals surface area (Å²) in [5, 5.41) is 1.78. The molecule has 0 amide bonds. The first-order valence-corrected chi connectivity index (χ1v) is 7.30. The zero-order valence-electron chi connectivity index (χ0n) is 9.21. The Morgan fingerprint density at radius 3 is 2.50 bits per heavy atom. The maximum atomic E-state index is 6.08. The van der Waals surface area contributed by atoms with Crippen LogP contribution in [0, 0.1) is 0 Å². The van der Waals surface area contributed by atoms with Gasteiger partial charge in [-0.15, -0.1) is 0 Å². The molecule has 0 fully saturated rings. The highest BCUT2D eigenvalue weighted by atomic mass is 79.9. The smallest absolute Gasteiger partial charge is 0.0621 e. The largest absolute Gasteiger partial charge is 0.263 e. The first kappa shape index (κ1) is 14.1. The third-order valence-electron chi connectivity index (χ3n) is 2.56. The van der Waals surface area contributed by atoms with Crippen molar-refractivity contribution in [3.05, 3.63) is 62.9 Å². The lowest BCUT2D eigenvalue weighted by molar-refractivity contribution is 0.945. The Balaban J connectivity index is 2.19. The van der Waals surface area contributed by atoms with Crippen LogP contribution in [0.1, 0.15) is 16.0 Å². The van der Waals surface area contributed by atoms with Crippen molar-refractivity contribution in [2.75, 3.05) is 0 Å². The molecule has 0 aliphatic rings. The molecule has 0 aliphatic carbocycles. The molecule has 5 heteroatoms. The molecule has 0 N–H and O–H groups in total. The minimum absolute atomic E-state index is 0.132. The van der Waals surface area contributed by atoms with Crippen LogP contribution in [0.4, 0.5) is 0 Å². The third-order valence-corrected chi connectivity index (χ3v) is 4.49. The molecule has 2 rings (SSSR count). The second kappa shape index (κ2) is 6.25. The first-order valence-electron chi connectivity index (χ1n) is 5.25. The molecule has 1 aromatic carbocycles. The van der Waals surface area contributed by atoms with Gasteiger partial charge >= 0.3 is 0 Å². The van der Waals surface area contributed by atoms with Crippen LogP contribution in [0.25, 0.3) is 0 Å². The fourth-order valence-corrected chi connectivity index (χ4v) is 2.72. The number of hydrogen-bond acceptors (Lipinski definition) is 1. The molecule has 0 bridgehead atoms. The molecule has 0 spiro atoms. The monoisotopic (exact) mass is 363 g/mol. The van der Waals surface area contributed by atoms with Crippen LogP contribution < -0.4 is 0 Å². The highest BCUT2D eigenvalue weighted by Gasteiger charge is 2.12. The van der Waals surface area contributed by atoms with Crippen LogP contribution in [0.3, 0.4) is 0 Å². The summed E-state index contributed by atoms with van der Waals surface area (Å²) in [6.07, 6.45) is 4.14. The van der Waals surface area contributed by atoms with Crippen molar-refractivity contribution < 1.29 is 0 Å². The van der Waals surface area contributed by atoms with Crippen LogP contribution in [0.2, 0.25) is 15.1 Å². The molecule has 94 valence electrons. The van der Waals surface area contributed by atoms with E-state index >= 15 is 0 Å². The summed E-state index contributed by atoms with van der Waals surface area (Å²) in [4.78, 5) is 4.10. The molecule has 18 heavy (non-hydrogen) atoms. The Kier molecular flexibility index (Phi) is 4.91. The van der Waals surface area contributed by atoms with Gasteiger partial charge in [-0.1, -0.05) is 56.8 Å². The fraction of sp³-hybridized carbons (Fsp3) is 0.154. The van der Waals surface area contributed by atoms with Crippen LogP contribution in [-0.4, -0.2) is 4.98 Å². The van der Waals surface area contributed by atoms with Gasteiger partial charge in [0.15, 0.2) is 0 Å². The van der Waals surface area contributed by atoms with E-state index in [1.165, 1.54) is 0 Å². The van der Waals surface area contributed by atoms with E-state index in [4.69, 9.17) is 34.8 Å². The van der Waals surface area contributed by atoms with Gasteiger partial charge in [0.2, 0.25) is 0 Å². The molecule has 0 saturated carbocycles. The summed E-state index contributed by atoms with van der Waals surface area (Å²) >= 11 is 21.6. The molecule has 0 saturated heterocycles. The summed E-state index contributed by atoms with van der Waals surface area (Å²) in [5.74, 6) is 0. The predicted molar refractivity (Wildman–Crippen MR) is 81.1 cm³/mol. The molecule has 1 unspecified atom stereocenters. The molecule has 1 heterocycles. The number of nitrogens with zero attached hydrogens (tertiary/aromatic N) is 1. The number of aromatic nitrogens is 1. The molecule has 1 atom stereocenters. The molecule has 1 nitrogen and oxygen atoms in total. The van der Waals surface area contributed by atoms with Crippen molar-refractivity contribution in [2.24, 2.45) is 0 Å². The van der Waals surface area contributed by atoms with Crippen LogP contribution >= 0.6 is 50.7 Å². The van der Waals surface area contributed by atoms with E-state index in [0.29, 0.717) is 15.1 Å². The maximum Gasteiger partial charge on any atom is 0.0621 e. The van der Waals surface area contributed by atoms with Gasteiger partial charge in [-0.05, 0) is 35.7 Å². The Morgan fingerprint density at radius 1 is 1.06 bits per heavy atom. The zero-order valence-corrected chi connectivity index (χ0v) is 13.1. The number of halogens is 4. The average Bonchev–Trinajstić information content (AvgIpc) is 2.35. The first-order chi connectivity index (χ1) is 8.58. The van der Waals surface area contributed by atoms with E-state index in [0.717, 1.165) is 17.5 Å². The van der Waals surface area contributed by atoms with Gasteiger partial charge in [-0.25, -0.2) is 0 Å². The Labute approximate surface area is 129 Å². The van der Waals surface area contributed by atoms with Crippen molar-refractivity contribution >= 4 is 50.7 Å². The quantitative estimate of drug-likeness (QED) is 0.634. The Hall–Kier alpha value is -0.280. The van der Waals surface area contributed by atoms with Gasteiger partial charge in [0.1, 0.15) is 0 Å². The highest BCUT2D eigenvalue weighted by Crippen LogP contribution is 2.33. The summed E-state index contributed by atoms with van der Waals surface area (Å²) in [6, 6.07) is 7.51. The fourth-order valence-electron chi connectivity index (χ4n) is 1.59. The Morgan fingerprint density at radius 2 is 1.83 bits per heavy atom. The molecule has 1 aromatic heterocycles. The normalized spacial score (nSPS) is 12.4. The van der Waals surface area contributed by atoms with Crippen molar-refractivity contribution in [1.29, 1.82) is 0 Å². The Bertz CT molecular complexity index is 560. The number of alkyl halides is 1. The average molecular weight is 365 g/mol. The van der Waals surface area contributed by atoms with Gasteiger partial charge in [0.25, 0.3) is 0 Å². The van der Waals surface area contributed by atoms with Gasteiger partial charge in [-0.3, -0.25) is 4.98 Å². The second-order valence-electron chi connectivity index (χ2n) is 3.81. The predicted octanol–water partition coefficient (Wildman–Crippen LogP) is 5.72. The van der Waals surface area contributed by atoms with E-state index in [-0.39, 0.29) is 4.83 Å². The van der Waals surface area contributed by atoms with Gasteiger partial charge in [0.05, 0.1) is 15.1 Å². The molecule has 0 aliphatic heterocycles. The lowest BCUT2D eigenvalue weighted by Crippen LogP contribution is -1.96. The van der Waals surface area contributed by atoms with Crippen LogP contribution in [0.5, 0.6) is 0 Å². The van der Waals surface area contributed by atoms with Gasteiger partial charge < -0.3 is 0 Å². The third kappa shape index (κ3) is 3.39. The standard InChI is InChI=1S/C13H9BrCl3N/c14-10(5-9-3-4-18-7-13(9)17)8-1-2-11(15)12(16)6-8/h1-4,6-7,10H,5H2. The van der Waals surface area contributed by atoms with E-state index in [9.17, 15) is 0 Å². The maximum absolute atomic E-state index is 6.08. The summed E-state index contributed by atoms with van der Waals surface area (Å²) in [7, 11) is 0. The number of pyridine rings is 1. The molecular weight excluding hydrogens is 356 g/mol. The minimum atomic E-state index is 0.132. The van der Waals surface area contributed by atoms with E-state index in [1.807, 2.05) is 18.2 Å². The highest BCUT2D eigenvalue weighted by molar-refractivity contribution is 9.09. The number of rotatable bonds is 3. The lowest BCUT2D eigenvalue weighted by Gasteiger charge is -2.12. The summed E-state index contributed by atoms with van der Waals surface area (Å²) < 4.78 is 0. The van der Waals surface area contributed by atoms with E-state index in [2.05, 4.69) is 20.9 Å². The van der Waals surface area contributed by atoms with E-state index < -0.39 is 0 Å². The molecule has 0 radical (unpaired) electrons. The van der Waals surface area contributed by atoms with Crippen molar-refractivity contribution in [3.63, 3.8) is 0 Å². The number of hydrogen-bond donors (Lipinski definition) is 0. The van der Waals surface area contributed by atoms with Crippen molar-refractivity contribution in [2.45, 2.75) is 11.2 Å². The summed E-state index contributed by atoms with van der Waals surface area (Å²) in [6.45, 7) is 0. The lowest BCUT2D eigenvalue weighted by atomic mass is 10.1.